The average Bonchev–Trinajstić information content (AvgIpc) is 2.26. The highest BCUT2D eigenvalue weighted by Gasteiger charge is 2.02. The first-order valence-corrected chi connectivity index (χ1v) is 5.43. The van der Waals surface area contributed by atoms with Gasteiger partial charge < -0.3 is 5.73 Å². The van der Waals surface area contributed by atoms with Crippen molar-refractivity contribution in [2.24, 2.45) is 5.73 Å². The highest BCUT2D eigenvalue weighted by atomic mass is 16.1. The van der Waals surface area contributed by atoms with Crippen LogP contribution >= 0.6 is 0 Å². The lowest BCUT2D eigenvalue weighted by molar-refractivity contribution is -0.117. The summed E-state index contributed by atoms with van der Waals surface area (Å²) in [5, 5.41) is 2.44. The van der Waals surface area contributed by atoms with E-state index >= 15 is 0 Å². The summed E-state index contributed by atoms with van der Waals surface area (Å²) < 4.78 is 0. The zero-order chi connectivity index (χ0) is 11.5. The van der Waals surface area contributed by atoms with E-state index in [9.17, 15) is 4.79 Å². The number of nitrogens with two attached hydrogens (primary N) is 1. The zero-order valence-electron chi connectivity index (χ0n) is 9.36. The fourth-order valence-corrected chi connectivity index (χ4v) is 1.93. The molecule has 0 bridgehead atoms. The Labute approximate surface area is 95.1 Å². The molecule has 0 aliphatic carbocycles. The third-order valence-corrected chi connectivity index (χ3v) is 2.77. The first kappa shape index (κ1) is 10.7. The summed E-state index contributed by atoms with van der Waals surface area (Å²) in [4.78, 5) is 10.8. The van der Waals surface area contributed by atoms with Crippen molar-refractivity contribution in [3.8, 4) is 0 Å². The van der Waals surface area contributed by atoms with E-state index in [1.807, 2.05) is 6.07 Å². The second kappa shape index (κ2) is 4.35. The van der Waals surface area contributed by atoms with Gasteiger partial charge in [0.1, 0.15) is 0 Å². The van der Waals surface area contributed by atoms with Crippen molar-refractivity contribution in [3.05, 3.63) is 47.5 Å². The molecule has 1 amide bonds. The van der Waals surface area contributed by atoms with Crippen LogP contribution in [0.1, 0.15) is 17.5 Å². The summed E-state index contributed by atoms with van der Waals surface area (Å²) in [6, 6.07) is 12.5. The molecule has 0 saturated carbocycles. The van der Waals surface area contributed by atoms with Crippen LogP contribution in [0.4, 0.5) is 0 Å². The lowest BCUT2D eigenvalue weighted by Crippen LogP contribution is -2.11. The van der Waals surface area contributed by atoms with Gasteiger partial charge in [-0.1, -0.05) is 42.0 Å². The summed E-state index contributed by atoms with van der Waals surface area (Å²) in [6.07, 6.45) is 1.13. The van der Waals surface area contributed by atoms with E-state index in [0.717, 1.165) is 6.42 Å². The largest absolute Gasteiger partial charge is 0.370 e. The van der Waals surface area contributed by atoms with E-state index in [1.165, 1.54) is 21.9 Å². The molecule has 0 saturated heterocycles. The molecule has 0 heterocycles. The molecule has 2 nitrogen and oxygen atoms in total. The van der Waals surface area contributed by atoms with Gasteiger partial charge in [0.2, 0.25) is 5.91 Å². The average molecular weight is 213 g/mol. The summed E-state index contributed by atoms with van der Waals surface area (Å²) in [6.45, 7) is 2.07. The van der Waals surface area contributed by atoms with Crippen LogP contribution in [-0.4, -0.2) is 5.91 Å². The monoisotopic (exact) mass is 213 g/mol. The highest BCUT2D eigenvalue weighted by molar-refractivity contribution is 5.87. The van der Waals surface area contributed by atoms with Crippen LogP contribution in [0.5, 0.6) is 0 Å². The lowest BCUT2D eigenvalue weighted by Gasteiger charge is -2.06. The van der Waals surface area contributed by atoms with Gasteiger partial charge in [0, 0.05) is 6.42 Å². The molecule has 2 aromatic carbocycles. The minimum atomic E-state index is -0.246. The van der Waals surface area contributed by atoms with Crippen LogP contribution in [0.3, 0.4) is 0 Å². The number of primary amides is 1. The smallest absolute Gasteiger partial charge is 0.217 e. The number of carbonyl (C=O) groups excluding carboxylic acids is 1. The molecule has 2 N–H and O–H groups in total. The van der Waals surface area contributed by atoms with Crippen LogP contribution in [0.25, 0.3) is 10.8 Å². The standard InChI is InChI=1S/C14H15NO/c1-10-5-6-11-3-2-4-12(13(11)9-10)7-8-14(15)16/h2-6,9H,7-8H2,1H3,(H2,15,16). The number of hydrogen-bond acceptors (Lipinski definition) is 1. The van der Waals surface area contributed by atoms with Crippen molar-refractivity contribution < 1.29 is 4.79 Å². The van der Waals surface area contributed by atoms with E-state index in [0.29, 0.717) is 6.42 Å². The van der Waals surface area contributed by atoms with E-state index in [1.54, 1.807) is 0 Å². The minimum absolute atomic E-state index is 0.246. The Bertz CT molecular complexity index is 531. The molecule has 0 fully saturated rings. The number of aryl methyl sites for hydroxylation is 2. The Hall–Kier alpha value is -1.83. The zero-order valence-corrected chi connectivity index (χ0v) is 9.36. The van der Waals surface area contributed by atoms with Gasteiger partial charge in [0.15, 0.2) is 0 Å². The van der Waals surface area contributed by atoms with Gasteiger partial charge in [-0.15, -0.1) is 0 Å². The highest BCUT2D eigenvalue weighted by Crippen LogP contribution is 2.21. The van der Waals surface area contributed by atoms with Crippen molar-refractivity contribution in [1.82, 2.24) is 0 Å². The number of fused-ring (bicyclic) bond motifs is 1. The quantitative estimate of drug-likeness (QED) is 0.836. The molecule has 0 aliphatic heterocycles. The van der Waals surface area contributed by atoms with Gasteiger partial charge in [0.05, 0.1) is 0 Å². The maximum Gasteiger partial charge on any atom is 0.217 e. The van der Waals surface area contributed by atoms with Crippen LogP contribution in [0, 0.1) is 6.92 Å². The molecule has 2 aromatic rings. The second-order valence-electron chi connectivity index (χ2n) is 4.11. The van der Waals surface area contributed by atoms with Gasteiger partial charge in [-0.05, 0) is 29.7 Å². The molecule has 0 aromatic heterocycles. The lowest BCUT2D eigenvalue weighted by atomic mass is 9.99. The second-order valence-corrected chi connectivity index (χ2v) is 4.11. The maximum atomic E-state index is 10.8. The van der Waals surface area contributed by atoms with Gasteiger partial charge in [0.25, 0.3) is 0 Å². The Morgan fingerprint density at radius 3 is 2.81 bits per heavy atom. The SMILES string of the molecule is Cc1ccc2cccc(CCC(N)=O)c2c1. The topological polar surface area (TPSA) is 43.1 Å². The maximum absolute atomic E-state index is 10.8. The fraction of sp³-hybridized carbons (Fsp3) is 0.214. The van der Waals surface area contributed by atoms with Crippen LogP contribution in [-0.2, 0) is 11.2 Å². The van der Waals surface area contributed by atoms with Crippen molar-refractivity contribution >= 4 is 16.7 Å². The van der Waals surface area contributed by atoms with Crippen LogP contribution in [0.2, 0.25) is 0 Å². The van der Waals surface area contributed by atoms with Gasteiger partial charge in [-0.2, -0.15) is 0 Å². The fourth-order valence-electron chi connectivity index (χ4n) is 1.93. The Kier molecular flexibility index (Phi) is 2.91. The third kappa shape index (κ3) is 2.22. The molecule has 16 heavy (non-hydrogen) atoms. The summed E-state index contributed by atoms with van der Waals surface area (Å²) in [5.41, 5.74) is 7.60. The minimum Gasteiger partial charge on any atom is -0.370 e. The molecule has 0 radical (unpaired) electrons. The van der Waals surface area contributed by atoms with Crippen molar-refractivity contribution in [2.75, 3.05) is 0 Å². The molecule has 82 valence electrons. The molecular formula is C14H15NO. The predicted octanol–water partition coefficient (Wildman–Crippen LogP) is 2.57. The summed E-state index contributed by atoms with van der Waals surface area (Å²) in [5.74, 6) is -0.246. The van der Waals surface area contributed by atoms with E-state index < -0.39 is 0 Å². The molecule has 0 unspecified atom stereocenters. The van der Waals surface area contributed by atoms with Crippen molar-refractivity contribution in [1.29, 1.82) is 0 Å². The number of carbonyl (C=O) groups is 1. The molecule has 0 spiro atoms. The molecular weight excluding hydrogens is 198 g/mol. The van der Waals surface area contributed by atoms with Crippen molar-refractivity contribution in [2.45, 2.75) is 19.8 Å². The molecule has 2 rings (SSSR count). The van der Waals surface area contributed by atoms with Gasteiger partial charge >= 0.3 is 0 Å². The summed E-state index contributed by atoms with van der Waals surface area (Å²) in [7, 11) is 0. The van der Waals surface area contributed by atoms with Crippen LogP contribution < -0.4 is 5.73 Å². The number of hydrogen-bond donors (Lipinski definition) is 1. The Morgan fingerprint density at radius 2 is 2.06 bits per heavy atom. The summed E-state index contributed by atoms with van der Waals surface area (Å²) >= 11 is 0. The van der Waals surface area contributed by atoms with Gasteiger partial charge in [-0.25, -0.2) is 0 Å². The predicted molar refractivity (Wildman–Crippen MR) is 66.2 cm³/mol. The third-order valence-electron chi connectivity index (χ3n) is 2.77. The Balaban J connectivity index is 2.43. The van der Waals surface area contributed by atoms with Gasteiger partial charge in [-0.3, -0.25) is 4.79 Å². The number of rotatable bonds is 3. The van der Waals surface area contributed by atoms with E-state index in [2.05, 4.69) is 37.3 Å². The normalized spacial score (nSPS) is 10.6. The van der Waals surface area contributed by atoms with E-state index in [-0.39, 0.29) is 5.91 Å². The van der Waals surface area contributed by atoms with Crippen LogP contribution in [0.15, 0.2) is 36.4 Å². The van der Waals surface area contributed by atoms with Crippen molar-refractivity contribution in [3.63, 3.8) is 0 Å². The van der Waals surface area contributed by atoms with E-state index in [4.69, 9.17) is 5.73 Å². The number of amides is 1. The first-order valence-electron chi connectivity index (χ1n) is 5.43. The molecule has 0 aliphatic rings. The number of benzene rings is 2. The molecule has 0 atom stereocenters. The first-order chi connectivity index (χ1) is 7.66. The Morgan fingerprint density at radius 1 is 1.25 bits per heavy atom. The molecule has 2 heteroatoms.